The van der Waals surface area contributed by atoms with Gasteiger partial charge in [-0.3, -0.25) is 0 Å². The molecule has 2 rings (SSSR count). The van der Waals surface area contributed by atoms with Crippen LogP contribution in [0.4, 0.5) is 0 Å². The molecule has 2 N–H and O–H groups in total. The van der Waals surface area contributed by atoms with Crippen molar-refractivity contribution in [1.82, 2.24) is 10.6 Å². The van der Waals surface area contributed by atoms with Crippen molar-refractivity contribution in [3.8, 4) is 0 Å². The molecule has 1 aromatic rings. The van der Waals surface area contributed by atoms with Crippen LogP contribution in [0.2, 0.25) is 0 Å². The molecule has 114 valence electrons. The molecule has 0 radical (unpaired) electrons. The van der Waals surface area contributed by atoms with Gasteiger partial charge in [-0.2, -0.15) is 11.3 Å². The maximum atomic E-state index is 12.3. The summed E-state index contributed by atoms with van der Waals surface area (Å²) in [5.74, 6) is -0.340. The third-order valence-corrected chi connectivity index (χ3v) is 4.07. The van der Waals surface area contributed by atoms with E-state index in [2.05, 4.69) is 10.6 Å². The molecule has 0 spiro atoms. The third-order valence-electron chi connectivity index (χ3n) is 3.12. The third kappa shape index (κ3) is 4.26. The van der Waals surface area contributed by atoms with Crippen LogP contribution in [0.25, 0.3) is 0 Å². The molecule has 0 amide bonds. The van der Waals surface area contributed by atoms with Crippen molar-refractivity contribution in [1.29, 1.82) is 0 Å². The molecule has 5 nitrogen and oxygen atoms in total. The summed E-state index contributed by atoms with van der Waals surface area (Å²) in [6.45, 7) is 2.52. The molecule has 0 bridgehead atoms. The van der Waals surface area contributed by atoms with E-state index in [-0.39, 0.29) is 12.0 Å². The van der Waals surface area contributed by atoms with Crippen molar-refractivity contribution >= 4 is 34.6 Å². The van der Waals surface area contributed by atoms with E-state index >= 15 is 0 Å². The van der Waals surface area contributed by atoms with E-state index in [1.165, 1.54) is 5.56 Å². The maximum absolute atomic E-state index is 12.3. The van der Waals surface area contributed by atoms with Crippen molar-refractivity contribution in [2.75, 3.05) is 20.3 Å². The molecule has 0 aliphatic carbocycles. The van der Waals surface area contributed by atoms with Gasteiger partial charge >= 0.3 is 5.97 Å². The Bertz CT molecular complexity index is 540. The first-order valence-corrected chi connectivity index (χ1v) is 7.92. The zero-order valence-corrected chi connectivity index (χ0v) is 13.6. The van der Waals surface area contributed by atoms with Crippen molar-refractivity contribution in [2.24, 2.45) is 0 Å². The standard InChI is InChI=1S/C14H18N2O3S2/c1-9-12(11(7-18-2)16-14(20)15-9)13(17)19-5-3-10-4-6-21-8-10/h4,6,8,11H,3,5,7H2,1-2H3,(H2,15,16,20). The second kappa shape index (κ2) is 7.53. The van der Waals surface area contributed by atoms with Crippen LogP contribution in [-0.2, 0) is 20.7 Å². The van der Waals surface area contributed by atoms with E-state index in [1.54, 1.807) is 18.4 Å². The molecule has 0 saturated carbocycles. The number of rotatable bonds is 6. The van der Waals surface area contributed by atoms with E-state index in [4.69, 9.17) is 21.7 Å². The molecule has 1 aliphatic rings. The zero-order valence-electron chi connectivity index (χ0n) is 12.0. The molecule has 1 atom stereocenters. The van der Waals surface area contributed by atoms with Crippen LogP contribution in [0.5, 0.6) is 0 Å². The van der Waals surface area contributed by atoms with E-state index < -0.39 is 0 Å². The van der Waals surface area contributed by atoms with Crippen LogP contribution in [0, 0.1) is 0 Å². The average Bonchev–Trinajstić information content (AvgIpc) is 2.91. The number of carbonyl (C=O) groups excluding carboxylic acids is 1. The lowest BCUT2D eigenvalue weighted by molar-refractivity contribution is -0.139. The fourth-order valence-electron chi connectivity index (χ4n) is 2.13. The summed E-state index contributed by atoms with van der Waals surface area (Å²) in [4.78, 5) is 12.3. The van der Waals surface area contributed by atoms with Crippen molar-refractivity contribution in [3.63, 3.8) is 0 Å². The summed E-state index contributed by atoms with van der Waals surface area (Å²) in [6.07, 6.45) is 0.718. The number of ether oxygens (including phenoxy) is 2. The maximum Gasteiger partial charge on any atom is 0.337 e. The molecule has 0 saturated heterocycles. The first kappa shape index (κ1) is 15.9. The predicted octanol–water partition coefficient (Wildman–Crippen LogP) is 1.60. The van der Waals surface area contributed by atoms with Crippen molar-refractivity contribution in [2.45, 2.75) is 19.4 Å². The monoisotopic (exact) mass is 326 g/mol. The minimum Gasteiger partial charge on any atom is -0.462 e. The highest BCUT2D eigenvalue weighted by Gasteiger charge is 2.29. The van der Waals surface area contributed by atoms with Gasteiger partial charge in [0.25, 0.3) is 0 Å². The van der Waals surface area contributed by atoms with Gasteiger partial charge in [0.15, 0.2) is 5.11 Å². The van der Waals surface area contributed by atoms with Gasteiger partial charge in [-0.15, -0.1) is 0 Å². The number of hydrogen-bond acceptors (Lipinski definition) is 5. The molecular formula is C14H18N2O3S2. The zero-order chi connectivity index (χ0) is 15.2. The number of thiophene rings is 1. The summed E-state index contributed by atoms with van der Waals surface area (Å²) in [5, 5.41) is 10.5. The number of esters is 1. The molecule has 1 aromatic heterocycles. The van der Waals surface area contributed by atoms with Crippen LogP contribution >= 0.6 is 23.6 Å². The lowest BCUT2D eigenvalue weighted by Gasteiger charge is -2.28. The first-order chi connectivity index (χ1) is 10.1. The van der Waals surface area contributed by atoms with Gasteiger partial charge in [0.2, 0.25) is 0 Å². The van der Waals surface area contributed by atoms with Gasteiger partial charge in [0, 0.05) is 19.2 Å². The van der Waals surface area contributed by atoms with Gasteiger partial charge in [-0.25, -0.2) is 4.79 Å². The van der Waals surface area contributed by atoms with Gasteiger partial charge in [-0.05, 0) is 41.5 Å². The fraction of sp³-hybridized carbons (Fsp3) is 0.429. The Morgan fingerprint density at radius 3 is 3.00 bits per heavy atom. The van der Waals surface area contributed by atoms with E-state index in [9.17, 15) is 4.79 Å². The van der Waals surface area contributed by atoms with Crippen LogP contribution in [0.1, 0.15) is 12.5 Å². The average molecular weight is 326 g/mol. The molecule has 7 heteroatoms. The number of hydrogen-bond donors (Lipinski definition) is 2. The quantitative estimate of drug-likeness (QED) is 0.612. The number of methoxy groups -OCH3 is 1. The summed E-state index contributed by atoms with van der Waals surface area (Å²) in [6, 6.07) is 1.75. The lowest BCUT2D eigenvalue weighted by atomic mass is 10.0. The van der Waals surface area contributed by atoms with Gasteiger partial charge < -0.3 is 20.1 Å². The fourth-order valence-corrected chi connectivity index (χ4v) is 3.13. The lowest BCUT2D eigenvalue weighted by Crippen LogP contribution is -2.51. The molecule has 1 aliphatic heterocycles. The topological polar surface area (TPSA) is 59.6 Å². The number of thiocarbonyl (C=S) groups is 1. The largest absolute Gasteiger partial charge is 0.462 e. The van der Waals surface area contributed by atoms with Gasteiger partial charge in [0.1, 0.15) is 0 Å². The van der Waals surface area contributed by atoms with Crippen LogP contribution in [0.15, 0.2) is 28.1 Å². The molecule has 2 heterocycles. The van der Waals surface area contributed by atoms with Crippen molar-refractivity contribution < 1.29 is 14.3 Å². The molecular weight excluding hydrogens is 308 g/mol. The Morgan fingerprint density at radius 2 is 2.33 bits per heavy atom. The predicted molar refractivity (Wildman–Crippen MR) is 86.2 cm³/mol. The van der Waals surface area contributed by atoms with E-state index in [0.717, 1.165) is 6.42 Å². The first-order valence-electron chi connectivity index (χ1n) is 6.57. The minimum atomic E-state index is -0.340. The Labute approximate surface area is 133 Å². The molecule has 0 fully saturated rings. The van der Waals surface area contributed by atoms with Crippen LogP contribution in [0.3, 0.4) is 0 Å². The second-order valence-electron chi connectivity index (χ2n) is 4.66. The molecule has 0 aromatic carbocycles. The SMILES string of the molecule is COCC1NC(=S)NC(C)=C1C(=O)OCCc1ccsc1. The Kier molecular flexibility index (Phi) is 5.72. The summed E-state index contributed by atoms with van der Waals surface area (Å²) >= 11 is 6.73. The Hall–Kier alpha value is -1.44. The number of nitrogens with one attached hydrogen (secondary N) is 2. The number of carbonyl (C=O) groups is 1. The Balaban J connectivity index is 1.97. The summed E-state index contributed by atoms with van der Waals surface area (Å²) in [7, 11) is 1.58. The molecule has 1 unspecified atom stereocenters. The smallest absolute Gasteiger partial charge is 0.337 e. The van der Waals surface area contributed by atoms with Gasteiger partial charge in [0.05, 0.1) is 24.8 Å². The van der Waals surface area contributed by atoms with Gasteiger partial charge in [-0.1, -0.05) is 0 Å². The second-order valence-corrected chi connectivity index (χ2v) is 5.85. The normalized spacial score (nSPS) is 18.2. The highest BCUT2D eigenvalue weighted by Crippen LogP contribution is 2.15. The van der Waals surface area contributed by atoms with Crippen molar-refractivity contribution in [3.05, 3.63) is 33.7 Å². The highest BCUT2D eigenvalue weighted by atomic mass is 32.1. The summed E-state index contributed by atoms with van der Waals surface area (Å²) < 4.78 is 10.5. The molecule has 21 heavy (non-hydrogen) atoms. The van der Waals surface area contributed by atoms with Crippen LogP contribution in [-0.4, -0.2) is 37.4 Å². The van der Waals surface area contributed by atoms with E-state index in [1.807, 2.05) is 23.8 Å². The Morgan fingerprint density at radius 1 is 1.52 bits per heavy atom. The highest BCUT2D eigenvalue weighted by molar-refractivity contribution is 7.80. The summed E-state index contributed by atoms with van der Waals surface area (Å²) in [5.41, 5.74) is 2.42. The van der Waals surface area contributed by atoms with E-state index in [0.29, 0.717) is 29.6 Å². The number of allylic oxidation sites excluding steroid dienone is 1. The van der Waals surface area contributed by atoms with Crippen LogP contribution < -0.4 is 10.6 Å². The minimum absolute atomic E-state index is 0.280.